The molecule has 1 aromatic carbocycles. The Labute approximate surface area is 138 Å². The number of ketones is 1. The molecule has 1 aliphatic rings. The lowest BCUT2D eigenvalue weighted by Gasteiger charge is -2.30. The zero-order valence-electron chi connectivity index (χ0n) is 11.0. The van der Waals surface area contributed by atoms with Crippen molar-refractivity contribution in [1.29, 1.82) is 5.26 Å². The number of hydrogen-bond donors (Lipinski definition) is 0. The van der Waals surface area contributed by atoms with Crippen LogP contribution in [0.15, 0.2) is 18.2 Å². The third-order valence-corrected chi connectivity index (χ3v) is 4.20. The standard InChI is InChI=1S/C14H12Cl2N2O2S/c15-9-1-2-10(12(16)7-9)13(19)11(8-17)14(21)18-3-5-20-6-4-18/h1-2,7,11H,3-6H2. The van der Waals surface area contributed by atoms with E-state index in [1.807, 2.05) is 11.0 Å². The second-order valence-electron chi connectivity index (χ2n) is 4.49. The van der Waals surface area contributed by atoms with Crippen molar-refractivity contribution in [2.24, 2.45) is 5.92 Å². The van der Waals surface area contributed by atoms with Crippen molar-refractivity contribution in [2.75, 3.05) is 26.3 Å². The van der Waals surface area contributed by atoms with E-state index in [9.17, 15) is 10.1 Å². The molecule has 1 aromatic rings. The summed E-state index contributed by atoms with van der Waals surface area (Å²) in [5.74, 6) is -1.44. The minimum Gasteiger partial charge on any atom is -0.378 e. The predicted octanol–water partition coefficient (Wildman–Crippen LogP) is 2.98. The summed E-state index contributed by atoms with van der Waals surface area (Å²) in [5, 5.41) is 9.97. The van der Waals surface area contributed by atoms with Crippen LogP contribution in [0.4, 0.5) is 0 Å². The van der Waals surface area contributed by atoms with Gasteiger partial charge in [0.25, 0.3) is 0 Å². The first-order valence-corrected chi connectivity index (χ1v) is 7.46. The van der Waals surface area contributed by atoms with Crippen LogP contribution in [0, 0.1) is 17.2 Å². The van der Waals surface area contributed by atoms with Crippen LogP contribution in [0.3, 0.4) is 0 Å². The summed E-state index contributed by atoms with van der Waals surface area (Å²) in [4.78, 5) is 14.6. The molecule has 1 unspecified atom stereocenters. The minimum absolute atomic E-state index is 0.220. The Balaban J connectivity index is 2.22. The van der Waals surface area contributed by atoms with Crippen LogP contribution < -0.4 is 0 Å². The molecule has 2 rings (SSSR count). The number of nitrogens with zero attached hydrogens (tertiary/aromatic N) is 2. The number of rotatable bonds is 3. The number of Topliss-reactive ketones (excluding diaryl/α,β-unsaturated/α-hetero) is 1. The first-order chi connectivity index (χ1) is 10.0. The van der Waals surface area contributed by atoms with Gasteiger partial charge in [-0.1, -0.05) is 35.4 Å². The highest BCUT2D eigenvalue weighted by molar-refractivity contribution is 7.80. The fourth-order valence-corrected chi connectivity index (χ4v) is 2.88. The Bertz CT molecular complexity index is 609. The van der Waals surface area contributed by atoms with Crippen LogP contribution >= 0.6 is 35.4 Å². The second-order valence-corrected chi connectivity index (χ2v) is 5.75. The van der Waals surface area contributed by atoms with Gasteiger partial charge in [0, 0.05) is 23.7 Å². The lowest BCUT2D eigenvalue weighted by Crippen LogP contribution is -2.44. The Morgan fingerprint density at radius 1 is 1.38 bits per heavy atom. The van der Waals surface area contributed by atoms with Crippen LogP contribution in [-0.2, 0) is 4.74 Å². The fraction of sp³-hybridized carbons (Fsp3) is 0.357. The number of hydrogen-bond acceptors (Lipinski definition) is 4. The van der Waals surface area contributed by atoms with Crippen molar-refractivity contribution in [3.63, 3.8) is 0 Å². The van der Waals surface area contributed by atoms with Gasteiger partial charge in [0.15, 0.2) is 11.7 Å². The number of benzene rings is 1. The van der Waals surface area contributed by atoms with E-state index in [2.05, 4.69) is 0 Å². The topological polar surface area (TPSA) is 53.3 Å². The summed E-state index contributed by atoms with van der Waals surface area (Å²) in [6.45, 7) is 2.24. The number of thiocarbonyl (C=S) groups is 1. The number of morpholine rings is 1. The predicted molar refractivity (Wildman–Crippen MR) is 84.9 cm³/mol. The van der Waals surface area contributed by atoms with Crippen molar-refractivity contribution in [1.82, 2.24) is 4.90 Å². The second kappa shape index (κ2) is 7.19. The van der Waals surface area contributed by atoms with Crippen molar-refractivity contribution >= 4 is 46.2 Å². The van der Waals surface area contributed by atoms with Gasteiger partial charge < -0.3 is 9.64 Å². The van der Waals surface area contributed by atoms with Gasteiger partial charge in [-0.25, -0.2) is 0 Å². The zero-order chi connectivity index (χ0) is 15.4. The maximum Gasteiger partial charge on any atom is 0.188 e. The summed E-state index contributed by atoms with van der Waals surface area (Å²) in [7, 11) is 0. The van der Waals surface area contributed by atoms with E-state index in [0.717, 1.165) is 0 Å². The molecule has 4 nitrogen and oxygen atoms in total. The van der Waals surface area contributed by atoms with E-state index in [4.69, 9.17) is 40.2 Å². The third kappa shape index (κ3) is 3.72. The third-order valence-electron chi connectivity index (χ3n) is 3.16. The molecule has 0 spiro atoms. The summed E-state index contributed by atoms with van der Waals surface area (Å²) >= 11 is 17.1. The zero-order valence-corrected chi connectivity index (χ0v) is 13.3. The fourth-order valence-electron chi connectivity index (χ4n) is 2.04. The number of carbonyl (C=O) groups excluding carboxylic acids is 1. The Hall–Kier alpha value is -1.19. The van der Waals surface area contributed by atoms with E-state index in [0.29, 0.717) is 36.3 Å². The van der Waals surface area contributed by atoms with E-state index in [1.54, 1.807) is 6.07 Å². The Morgan fingerprint density at radius 3 is 2.62 bits per heavy atom. The van der Waals surface area contributed by atoms with Crippen LogP contribution in [0.5, 0.6) is 0 Å². The van der Waals surface area contributed by atoms with Gasteiger partial charge in [0.05, 0.1) is 24.3 Å². The number of carbonyl (C=O) groups is 1. The lowest BCUT2D eigenvalue weighted by molar-refractivity contribution is 0.0668. The van der Waals surface area contributed by atoms with Crippen molar-refractivity contribution in [2.45, 2.75) is 0 Å². The first kappa shape index (κ1) is 16.2. The summed E-state index contributed by atoms with van der Waals surface area (Å²) < 4.78 is 5.24. The molecule has 1 saturated heterocycles. The van der Waals surface area contributed by atoms with Gasteiger partial charge in [-0.15, -0.1) is 0 Å². The van der Waals surface area contributed by atoms with Crippen LogP contribution in [0.25, 0.3) is 0 Å². The highest BCUT2D eigenvalue weighted by Crippen LogP contribution is 2.24. The molecule has 0 aromatic heterocycles. The maximum absolute atomic E-state index is 12.5. The van der Waals surface area contributed by atoms with Gasteiger partial charge in [-0.05, 0) is 18.2 Å². The average Bonchev–Trinajstić information content (AvgIpc) is 2.48. The number of ether oxygens (including phenoxy) is 1. The summed E-state index contributed by atoms with van der Waals surface area (Å²) in [6, 6.07) is 6.52. The van der Waals surface area contributed by atoms with Gasteiger partial charge in [0.1, 0.15) is 4.99 Å². The van der Waals surface area contributed by atoms with E-state index in [-0.39, 0.29) is 10.6 Å². The Morgan fingerprint density at radius 2 is 2.05 bits per heavy atom. The van der Waals surface area contributed by atoms with Gasteiger partial charge in [0.2, 0.25) is 0 Å². The average molecular weight is 343 g/mol. The molecule has 1 fully saturated rings. The largest absolute Gasteiger partial charge is 0.378 e. The maximum atomic E-state index is 12.5. The number of nitriles is 1. The quantitative estimate of drug-likeness (QED) is 0.624. The molecular weight excluding hydrogens is 331 g/mol. The summed E-state index contributed by atoms with van der Waals surface area (Å²) in [6.07, 6.45) is 0. The van der Waals surface area contributed by atoms with Gasteiger partial charge in [-0.2, -0.15) is 5.26 Å². The first-order valence-electron chi connectivity index (χ1n) is 6.30. The molecule has 0 amide bonds. The molecule has 0 saturated carbocycles. The van der Waals surface area contributed by atoms with Gasteiger partial charge in [-0.3, -0.25) is 4.79 Å². The molecule has 21 heavy (non-hydrogen) atoms. The SMILES string of the molecule is N#CC(C(=O)c1ccc(Cl)cc1Cl)C(=S)N1CCOCC1. The molecule has 0 bridgehead atoms. The lowest BCUT2D eigenvalue weighted by atomic mass is 9.98. The van der Waals surface area contributed by atoms with Crippen LogP contribution in [0.2, 0.25) is 10.0 Å². The van der Waals surface area contributed by atoms with E-state index >= 15 is 0 Å². The number of halogens is 2. The molecule has 0 radical (unpaired) electrons. The normalized spacial score (nSPS) is 16.1. The van der Waals surface area contributed by atoms with Gasteiger partial charge >= 0.3 is 0 Å². The molecule has 0 aliphatic carbocycles. The monoisotopic (exact) mass is 342 g/mol. The highest BCUT2D eigenvalue weighted by atomic mass is 35.5. The smallest absolute Gasteiger partial charge is 0.188 e. The molecule has 0 N–H and O–H groups in total. The molecule has 1 atom stereocenters. The van der Waals surface area contributed by atoms with Crippen LogP contribution in [-0.4, -0.2) is 42.0 Å². The molecule has 7 heteroatoms. The van der Waals surface area contributed by atoms with E-state index < -0.39 is 11.7 Å². The minimum atomic E-state index is -1.03. The van der Waals surface area contributed by atoms with E-state index in [1.165, 1.54) is 12.1 Å². The Kier molecular flexibility index (Phi) is 5.54. The van der Waals surface area contributed by atoms with Crippen molar-refractivity contribution < 1.29 is 9.53 Å². The summed E-state index contributed by atoms with van der Waals surface area (Å²) in [5.41, 5.74) is 0.253. The van der Waals surface area contributed by atoms with Crippen LogP contribution in [0.1, 0.15) is 10.4 Å². The highest BCUT2D eigenvalue weighted by Gasteiger charge is 2.30. The molecule has 1 aliphatic heterocycles. The molecule has 1 heterocycles. The van der Waals surface area contributed by atoms with Crippen molar-refractivity contribution in [3.8, 4) is 6.07 Å². The van der Waals surface area contributed by atoms with Crippen molar-refractivity contribution in [3.05, 3.63) is 33.8 Å². The molecule has 110 valence electrons. The molecular formula is C14H12Cl2N2O2S.